The number of rotatable bonds is 9. The number of piperazine rings is 1. The van der Waals surface area contributed by atoms with Crippen LogP contribution in [0.5, 0.6) is 0 Å². The molecule has 3 rings (SSSR count). The van der Waals surface area contributed by atoms with E-state index in [1.807, 2.05) is 6.92 Å². The fourth-order valence-electron chi connectivity index (χ4n) is 4.21. The molecule has 2 fully saturated rings. The van der Waals surface area contributed by atoms with Gasteiger partial charge in [-0.2, -0.15) is 0 Å². The summed E-state index contributed by atoms with van der Waals surface area (Å²) >= 11 is 0. The van der Waals surface area contributed by atoms with Gasteiger partial charge in [-0.05, 0) is 43.5 Å². The van der Waals surface area contributed by atoms with Gasteiger partial charge in [0.2, 0.25) is 11.8 Å². The lowest BCUT2D eigenvalue weighted by atomic mass is 9.95. The van der Waals surface area contributed by atoms with E-state index in [-0.39, 0.29) is 36.7 Å². The Kier molecular flexibility index (Phi) is 9.24. The van der Waals surface area contributed by atoms with E-state index in [4.69, 9.17) is 4.74 Å². The molecule has 1 aromatic rings. The second kappa shape index (κ2) is 12.3. The van der Waals surface area contributed by atoms with E-state index >= 15 is 0 Å². The first kappa shape index (κ1) is 24.7. The minimum atomic E-state index is -0.736. The van der Waals surface area contributed by atoms with Crippen molar-refractivity contribution in [2.45, 2.75) is 64.0 Å². The van der Waals surface area contributed by atoms with Crippen LogP contribution < -0.4 is 16.0 Å². The molecule has 180 valence electrons. The summed E-state index contributed by atoms with van der Waals surface area (Å²) in [5.41, 5.74) is 1.12. The molecule has 2 aliphatic rings. The quantitative estimate of drug-likeness (QED) is 0.486. The van der Waals surface area contributed by atoms with Gasteiger partial charge in [0.25, 0.3) is 5.91 Å². The summed E-state index contributed by atoms with van der Waals surface area (Å²) in [4.78, 5) is 51.0. The molecule has 1 saturated carbocycles. The van der Waals surface area contributed by atoms with Gasteiger partial charge in [0.15, 0.2) is 0 Å². The normalized spacial score (nSPS) is 19.4. The Balaban J connectivity index is 1.51. The van der Waals surface area contributed by atoms with E-state index in [2.05, 4.69) is 16.0 Å². The fourth-order valence-corrected chi connectivity index (χ4v) is 4.21. The lowest BCUT2D eigenvalue weighted by Crippen LogP contribution is -2.57. The number of hydrogen-bond acceptors (Lipinski definition) is 6. The first-order valence-corrected chi connectivity index (χ1v) is 11.8. The number of carbonyl (C=O) groups excluding carboxylic acids is 4. The second-order valence-electron chi connectivity index (χ2n) is 8.64. The largest absolute Gasteiger partial charge is 0.466 e. The maximum Gasteiger partial charge on any atom is 0.307 e. The van der Waals surface area contributed by atoms with Crippen molar-refractivity contribution in [2.24, 2.45) is 0 Å². The number of benzene rings is 1. The molecule has 0 spiro atoms. The van der Waals surface area contributed by atoms with Crippen LogP contribution in [0.2, 0.25) is 0 Å². The molecule has 1 heterocycles. The van der Waals surface area contributed by atoms with Gasteiger partial charge in [-0.15, -0.1) is 0 Å². The van der Waals surface area contributed by atoms with Crippen LogP contribution in [0, 0.1) is 0 Å². The van der Waals surface area contributed by atoms with Crippen LogP contribution in [0.15, 0.2) is 24.3 Å². The summed E-state index contributed by atoms with van der Waals surface area (Å²) in [5.74, 6) is -1.13. The lowest BCUT2D eigenvalue weighted by molar-refractivity contribution is -0.148. The third-order valence-electron chi connectivity index (χ3n) is 5.99. The molecule has 1 saturated heterocycles. The number of carbonyl (C=O) groups is 4. The first-order valence-electron chi connectivity index (χ1n) is 11.8. The monoisotopic (exact) mass is 458 g/mol. The average Bonchev–Trinajstić information content (AvgIpc) is 2.81. The molecular weight excluding hydrogens is 424 g/mol. The van der Waals surface area contributed by atoms with Crippen LogP contribution >= 0.6 is 0 Å². The van der Waals surface area contributed by atoms with Gasteiger partial charge < -0.3 is 20.7 Å². The van der Waals surface area contributed by atoms with Gasteiger partial charge in [0.1, 0.15) is 6.04 Å². The van der Waals surface area contributed by atoms with Gasteiger partial charge in [-0.25, -0.2) is 0 Å². The Labute approximate surface area is 194 Å². The molecule has 3 amide bonds. The zero-order valence-corrected chi connectivity index (χ0v) is 19.2. The fraction of sp³-hybridized carbons (Fsp3) is 0.583. The highest BCUT2D eigenvalue weighted by Crippen LogP contribution is 2.18. The van der Waals surface area contributed by atoms with E-state index in [1.165, 1.54) is 6.42 Å². The summed E-state index contributed by atoms with van der Waals surface area (Å²) in [6.45, 7) is 3.06. The molecule has 0 radical (unpaired) electrons. The van der Waals surface area contributed by atoms with Gasteiger partial charge in [-0.1, -0.05) is 26.2 Å². The van der Waals surface area contributed by atoms with Crippen molar-refractivity contribution in [3.8, 4) is 0 Å². The van der Waals surface area contributed by atoms with E-state index in [0.717, 1.165) is 25.7 Å². The van der Waals surface area contributed by atoms with Gasteiger partial charge in [0.05, 0.1) is 19.6 Å². The molecule has 0 aromatic heterocycles. The summed E-state index contributed by atoms with van der Waals surface area (Å²) in [6.07, 6.45) is 6.18. The van der Waals surface area contributed by atoms with E-state index < -0.39 is 12.0 Å². The molecule has 3 N–H and O–H groups in total. The number of nitrogens with one attached hydrogen (secondary N) is 3. The Morgan fingerprint density at radius 3 is 2.55 bits per heavy atom. The highest BCUT2D eigenvalue weighted by molar-refractivity contribution is 5.96. The maximum absolute atomic E-state index is 12.6. The Morgan fingerprint density at radius 2 is 1.85 bits per heavy atom. The highest BCUT2D eigenvalue weighted by Gasteiger charge is 2.33. The van der Waals surface area contributed by atoms with Gasteiger partial charge >= 0.3 is 5.97 Å². The van der Waals surface area contributed by atoms with Crippen LogP contribution in [-0.4, -0.2) is 66.9 Å². The summed E-state index contributed by atoms with van der Waals surface area (Å²) in [6, 6.07) is 6.26. The van der Waals surface area contributed by atoms with Crippen LogP contribution in [0.1, 0.15) is 62.2 Å². The lowest BCUT2D eigenvalue weighted by Gasteiger charge is -2.33. The summed E-state index contributed by atoms with van der Waals surface area (Å²) in [5, 5.41) is 8.61. The standard InChI is InChI=1S/C24H34N4O5/c1-2-14-33-22(30)15-20-24(32)25-12-13-28(20)16-21(29)26-19-10-8-17(9-11-19)23(31)27-18-6-4-3-5-7-18/h8-11,18,20H,2-7,12-16H2,1H3,(H,25,32)(H,26,29)(H,27,31). The molecule has 9 nitrogen and oxygen atoms in total. The van der Waals surface area contributed by atoms with Crippen molar-refractivity contribution in [2.75, 3.05) is 31.6 Å². The molecule has 33 heavy (non-hydrogen) atoms. The topological polar surface area (TPSA) is 117 Å². The smallest absolute Gasteiger partial charge is 0.307 e. The molecule has 1 aromatic carbocycles. The molecule has 1 aliphatic heterocycles. The molecule has 1 atom stereocenters. The first-order chi connectivity index (χ1) is 16.0. The predicted molar refractivity (Wildman–Crippen MR) is 124 cm³/mol. The van der Waals surface area contributed by atoms with Crippen molar-refractivity contribution < 1.29 is 23.9 Å². The van der Waals surface area contributed by atoms with Crippen molar-refractivity contribution in [3.63, 3.8) is 0 Å². The van der Waals surface area contributed by atoms with Crippen molar-refractivity contribution in [1.82, 2.24) is 15.5 Å². The Bertz CT molecular complexity index is 836. The number of esters is 1. The number of nitrogens with zero attached hydrogens (tertiary/aromatic N) is 1. The van der Waals surface area contributed by atoms with Crippen LogP contribution in [0.4, 0.5) is 5.69 Å². The van der Waals surface area contributed by atoms with E-state index in [9.17, 15) is 19.2 Å². The van der Waals surface area contributed by atoms with Crippen LogP contribution in [0.25, 0.3) is 0 Å². The number of amides is 3. The minimum absolute atomic E-state index is 0.0247. The van der Waals surface area contributed by atoms with Crippen molar-refractivity contribution in [3.05, 3.63) is 29.8 Å². The van der Waals surface area contributed by atoms with Crippen molar-refractivity contribution >= 4 is 29.4 Å². The second-order valence-corrected chi connectivity index (χ2v) is 8.64. The Morgan fingerprint density at radius 1 is 1.12 bits per heavy atom. The zero-order chi connectivity index (χ0) is 23.6. The van der Waals surface area contributed by atoms with E-state index in [0.29, 0.717) is 37.4 Å². The third kappa shape index (κ3) is 7.56. The SMILES string of the molecule is CCCOC(=O)CC1C(=O)NCCN1CC(=O)Nc1ccc(C(=O)NC2CCCCC2)cc1. The molecule has 1 aliphatic carbocycles. The van der Waals surface area contributed by atoms with Crippen LogP contribution in [-0.2, 0) is 19.1 Å². The number of anilines is 1. The molecule has 1 unspecified atom stereocenters. The van der Waals surface area contributed by atoms with Gasteiger partial charge in [-0.3, -0.25) is 24.1 Å². The summed E-state index contributed by atoms with van der Waals surface area (Å²) < 4.78 is 5.09. The average molecular weight is 459 g/mol. The Hall–Kier alpha value is -2.94. The highest BCUT2D eigenvalue weighted by atomic mass is 16.5. The summed E-state index contributed by atoms with van der Waals surface area (Å²) in [7, 11) is 0. The number of hydrogen-bond donors (Lipinski definition) is 3. The maximum atomic E-state index is 12.6. The third-order valence-corrected chi connectivity index (χ3v) is 5.99. The minimum Gasteiger partial charge on any atom is -0.466 e. The van der Waals surface area contributed by atoms with Crippen LogP contribution in [0.3, 0.4) is 0 Å². The zero-order valence-electron chi connectivity index (χ0n) is 19.2. The molecular formula is C24H34N4O5. The molecule has 9 heteroatoms. The number of ether oxygens (including phenoxy) is 1. The predicted octanol–water partition coefficient (Wildman–Crippen LogP) is 1.83. The van der Waals surface area contributed by atoms with Gasteiger partial charge in [0, 0.05) is 30.4 Å². The van der Waals surface area contributed by atoms with E-state index in [1.54, 1.807) is 29.2 Å². The van der Waals surface area contributed by atoms with Crippen molar-refractivity contribution in [1.29, 1.82) is 0 Å². The molecule has 0 bridgehead atoms.